The zero-order valence-corrected chi connectivity index (χ0v) is 17.4. The van der Waals surface area contributed by atoms with Crippen LogP contribution in [0.1, 0.15) is 24.1 Å². The summed E-state index contributed by atoms with van der Waals surface area (Å²) in [6.45, 7) is 4.87. The van der Waals surface area contributed by atoms with Gasteiger partial charge in [0.1, 0.15) is 10.4 Å². The molecule has 0 aromatic carbocycles. The number of allylic oxidation sites excluding steroid dienone is 1. The standard InChI is InChI=1S/C21H25BrFN5/c22-21-4-3-16(14-26-21)13-24-18-5-8-27(9-6-18)10-11-28-7-1-2-19-20(28)12-17(23)15-25-19/h1,3-4,7,12,14-15,18,24H,2,5-6,8-11,13H2. The van der Waals surface area contributed by atoms with Gasteiger partial charge in [-0.2, -0.15) is 0 Å². The molecule has 0 amide bonds. The van der Waals surface area contributed by atoms with Gasteiger partial charge in [0.25, 0.3) is 0 Å². The number of likely N-dealkylation sites (tertiary alicyclic amines) is 1. The van der Waals surface area contributed by atoms with Crippen molar-refractivity contribution in [2.24, 2.45) is 0 Å². The minimum absolute atomic E-state index is 0.271. The quantitative estimate of drug-likeness (QED) is 0.689. The summed E-state index contributed by atoms with van der Waals surface area (Å²) in [7, 11) is 0. The fourth-order valence-corrected chi connectivity index (χ4v) is 4.05. The van der Waals surface area contributed by atoms with Crippen molar-refractivity contribution in [1.29, 1.82) is 0 Å². The van der Waals surface area contributed by atoms with E-state index in [4.69, 9.17) is 0 Å². The Balaban J connectivity index is 1.22. The summed E-state index contributed by atoms with van der Waals surface area (Å²) in [5, 5.41) is 3.65. The van der Waals surface area contributed by atoms with Crippen LogP contribution in [0.2, 0.25) is 0 Å². The fourth-order valence-electron chi connectivity index (χ4n) is 3.81. The molecule has 0 unspecified atom stereocenters. The summed E-state index contributed by atoms with van der Waals surface area (Å²) in [5.74, 6) is -0.271. The highest BCUT2D eigenvalue weighted by Gasteiger charge is 2.20. The van der Waals surface area contributed by atoms with E-state index in [2.05, 4.69) is 59.4 Å². The zero-order chi connectivity index (χ0) is 19.3. The molecule has 148 valence electrons. The number of hydrogen-bond acceptors (Lipinski definition) is 5. The number of fused-ring (bicyclic) bond motifs is 1. The topological polar surface area (TPSA) is 44.3 Å². The molecule has 0 radical (unpaired) electrons. The van der Waals surface area contributed by atoms with Crippen LogP contribution in [0.15, 0.2) is 47.5 Å². The second-order valence-electron chi connectivity index (χ2n) is 7.39. The normalized spacial score (nSPS) is 17.7. The van der Waals surface area contributed by atoms with Gasteiger partial charge in [-0.3, -0.25) is 4.98 Å². The molecule has 0 spiro atoms. The molecule has 2 aliphatic heterocycles. The van der Waals surface area contributed by atoms with E-state index in [9.17, 15) is 4.39 Å². The molecule has 4 rings (SSSR count). The largest absolute Gasteiger partial charge is 0.345 e. The molecule has 28 heavy (non-hydrogen) atoms. The Morgan fingerprint density at radius 3 is 2.79 bits per heavy atom. The second-order valence-corrected chi connectivity index (χ2v) is 8.20. The maximum absolute atomic E-state index is 13.6. The van der Waals surface area contributed by atoms with Crippen LogP contribution in [0.5, 0.6) is 0 Å². The van der Waals surface area contributed by atoms with E-state index < -0.39 is 0 Å². The molecule has 5 nitrogen and oxygen atoms in total. The predicted molar refractivity (Wildman–Crippen MR) is 113 cm³/mol. The lowest BCUT2D eigenvalue weighted by Crippen LogP contribution is -2.44. The summed E-state index contributed by atoms with van der Waals surface area (Å²) in [6.07, 6.45) is 10.4. The maximum atomic E-state index is 13.6. The van der Waals surface area contributed by atoms with Gasteiger partial charge in [0.2, 0.25) is 0 Å². The smallest absolute Gasteiger partial charge is 0.143 e. The summed E-state index contributed by atoms with van der Waals surface area (Å²) in [4.78, 5) is 13.1. The first-order valence-electron chi connectivity index (χ1n) is 9.81. The first-order valence-corrected chi connectivity index (χ1v) is 10.6. The van der Waals surface area contributed by atoms with Crippen molar-refractivity contribution < 1.29 is 4.39 Å². The monoisotopic (exact) mass is 445 g/mol. The van der Waals surface area contributed by atoms with Crippen molar-refractivity contribution in [3.63, 3.8) is 0 Å². The fraction of sp³-hybridized carbons (Fsp3) is 0.429. The van der Waals surface area contributed by atoms with Crippen molar-refractivity contribution >= 4 is 21.6 Å². The molecule has 1 saturated heterocycles. The van der Waals surface area contributed by atoms with Crippen LogP contribution in [-0.4, -0.2) is 47.1 Å². The molecule has 0 saturated carbocycles. The zero-order valence-electron chi connectivity index (χ0n) is 15.8. The molecule has 0 atom stereocenters. The highest BCUT2D eigenvalue weighted by atomic mass is 79.9. The minimum Gasteiger partial charge on any atom is -0.345 e. The van der Waals surface area contributed by atoms with Gasteiger partial charge < -0.3 is 15.1 Å². The molecule has 2 aromatic rings. The lowest BCUT2D eigenvalue weighted by molar-refractivity contribution is 0.201. The number of piperidine rings is 1. The van der Waals surface area contributed by atoms with Gasteiger partial charge in [-0.15, -0.1) is 0 Å². The molecule has 0 bridgehead atoms. The van der Waals surface area contributed by atoms with E-state index >= 15 is 0 Å². The molecule has 1 fully saturated rings. The number of hydrogen-bond donors (Lipinski definition) is 1. The Hall–Kier alpha value is -1.83. The number of anilines is 1. The third-order valence-electron chi connectivity index (χ3n) is 5.45. The van der Waals surface area contributed by atoms with Crippen molar-refractivity contribution in [2.45, 2.75) is 31.8 Å². The van der Waals surface area contributed by atoms with Gasteiger partial charge in [-0.25, -0.2) is 9.37 Å². The Morgan fingerprint density at radius 1 is 1.14 bits per heavy atom. The van der Waals surface area contributed by atoms with E-state index in [0.29, 0.717) is 6.04 Å². The minimum atomic E-state index is -0.271. The third kappa shape index (κ3) is 4.96. The first-order chi connectivity index (χ1) is 13.7. The average molecular weight is 446 g/mol. The van der Waals surface area contributed by atoms with E-state index in [1.807, 2.05) is 12.3 Å². The third-order valence-corrected chi connectivity index (χ3v) is 5.92. The van der Waals surface area contributed by atoms with Crippen molar-refractivity contribution in [2.75, 3.05) is 31.1 Å². The number of pyridine rings is 2. The van der Waals surface area contributed by atoms with E-state index in [1.54, 1.807) is 6.07 Å². The summed E-state index contributed by atoms with van der Waals surface area (Å²) in [5.41, 5.74) is 3.07. The Morgan fingerprint density at radius 2 is 2.00 bits per heavy atom. The summed E-state index contributed by atoms with van der Waals surface area (Å²) < 4.78 is 14.5. The molecule has 2 aliphatic rings. The summed E-state index contributed by atoms with van der Waals surface area (Å²) in [6, 6.07) is 6.22. The van der Waals surface area contributed by atoms with Gasteiger partial charge in [-0.05, 0) is 53.5 Å². The Bertz CT molecular complexity index is 818. The molecular formula is C21H25BrFN5. The van der Waals surface area contributed by atoms with Crippen LogP contribution in [0.25, 0.3) is 0 Å². The number of nitrogens with one attached hydrogen (secondary N) is 1. The lowest BCUT2D eigenvalue weighted by Gasteiger charge is -2.34. The van der Waals surface area contributed by atoms with Gasteiger partial charge in [0.15, 0.2) is 0 Å². The van der Waals surface area contributed by atoms with Gasteiger partial charge >= 0.3 is 0 Å². The Labute approximate surface area is 173 Å². The van der Waals surface area contributed by atoms with Crippen LogP contribution in [0.3, 0.4) is 0 Å². The van der Waals surface area contributed by atoms with E-state index in [-0.39, 0.29) is 5.82 Å². The molecule has 0 aliphatic carbocycles. The van der Waals surface area contributed by atoms with Gasteiger partial charge in [0, 0.05) is 50.6 Å². The Kier molecular flexibility index (Phi) is 6.34. The van der Waals surface area contributed by atoms with E-state index in [1.165, 1.54) is 11.8 Å². The van der Waals surface area contributed by atoms with Gasteiger partial charge in [0.05, 0.1) is 17.6 Å². The number of aromatic nitrogens is 2. The first kappa shape index (κ1) is 19.5. The highest BCUT2D eigenvalue weighted by Crippen LogP contribution is 2.24. The van der Waals surface area contributed by atoms with Gasteiger partial charge in [-0.1, -0.05) is 12.1 Å². The molecule has 1 N–H and O–H groups in total. The van der Waals surface area contributed by atoms with E-state index in [0.717, 1.165) is 68.0 Å². The predicted octanol–water partition coefficient (Wildman–Crippen LogP) is 3.51. The summed E-state index contributed by atoms with van der Waals surface area (Å²) >= 11 is 3.37. The number of nitrogens with zero attached hydrogens (tertiary/aromatic N) is 4. The van der Waals surface area contributed by atoms with Crippen LogP contribution in [-0.2, 0) is 13.0 Å². The number of halogens is 2. The molecular weight excluding hydrogens is 421 g/mol. The lowest BCUT2D eigenvalue weighted by atomic mass is 10.0. The molecule has 2 aromatic heterocycles. The average Bonchev–Trinajstić information content (AvgIpc) is 2.72. The highest BCUT2D eigenvalue weighted by molar-refractivity contribution is 9.10. The van der Waals surface area contributed by atoms with Crippen LogP contribution >= 0.6 is 15.9 Å². The van der Waals surface area contributed by atoms with Crippen LogP contribution in [0.4, 0.5) is 10.1 Å². The SMILES string of the molecule is Fc1cnc2c(c1)N(CCN1CCC(NCc3ccc(Br)nc3)CC1)C=CC2. The van der Waals surface area contributed by atoms with Crippen LogP contribution < -0.4 is 10.2 Å². The van der Waals surface area contributed by atoms with Crippen molar-refractivity contribution in [3.8, 4) is 0 Å². The number of rotatable bonds is 6. The maximum Gasteiger partial charge on any atom is 0.143 e. The second kappa shape index (κ2) is 9.11. The molecule has 7 heteroatoms. The van der Waals surface area contributed by atoms with Crippen molar-refractivity contribution in [3.05, 3.63) is 64.5 Å². The van der Waals surface area contributed by atoms with Crippen LogP contribution in [0, 0.1) is 5.82 Å². The van der Waals surface area contributed by atoms with Crippen molar-refractivity contribution in [1.82, 2.24) is 20.2 Å². The molecule has 4 heterocycles.